The Labute approximate surface area is 178 Å². The maximum atomic E-state index is 13.1. The van der Waals surface area contributed by atoms with Crippen LogP contribution in [0.5, 0.6) is 23.0 Å². The number of urea groups is 1. The summed E-state index contributed by atoms with van der Waals surface area (Å²) in [5, 5.41) is 14.1. The number of nitrogens with zero attached hydrogens (tertiary/aromatic N) is 2. The van der Waals surface area contributed by atoms with Crippen molar-refractivity contribution in [1.29, 1.82) is 5.26 Å². The van der Waals surface area contributed by atoms with Gasteiger partial charge in [-0.15, -0.1) is 8.78 Å². The van der Waals surface area contributed by atoms with Crippen molar-refractivity contribution in [2.24, 2.45) is 0 Å². The quantitative estimate of drug-likeness (QED) is 0.561. The predicted molar refractivity (Wildman–Crippen MR) is 106 cm³/mol. The first-order valence-electron chi connectivity index (χ1n) is 8.63. The first-order valence-corrected chi connectivity index (χ1v) is 9.00. The number of nitriles is 1. The summed E-state index contributed by atoms with van der Waals surface area (Å²) in [6.07, 6.45) is -2.31. The Morgan fingerprint density at radius 3 is 2.61 bits per heavy atom. The van der Waals surface area contributed by atoms with Crippen molar-refractivity contribution in [3.8, 4) is 29.1 Å². The van der Waals surface area contributed by atoms with Crippen LogP contribution in [0.1, 0.15) is 5.69 Å². The van der Waals surface area contributed by atoms with E-state index in [0.717, 1.165) is 0 Å². The van der Waals surface area contributed by atoms with Gasteiger partial charge in [0.15, 0.2) is 11.5 Å². The van der Waals surface area contributed by atoms with E-state index in [1.54, 1.807) is 12.1 Å². The highest BCUT2D eigenvalue weighted by Gasteiger charge is 2.43. The molecule has 0 saturated heterocycles. The van der Waals surface area contributed by atoms with Crippen LogP contribution in [0.25, 0.3) is 0 Å². The molecule has 3 aromatic rings. The largest absolute Gasteiger partial charge is 0.586 e. The smallest absolute Gasteiger partial charge is 0.457 e. The number of aromatic nitrogens is 1. The highest BCUT2D eigenvalue weighted by Crippen LogP contribution is 2.42. The molecule has 0 fully saturated rings. The number of anilines is 2. The third kappa shape index (κ3) is 4.73. The molecule has 0 atom stereocenters. The van der Waals surface area contributed by atoms with Gasteiger partial charge in [-0.3, -0.25) is 0 Å². The molecule has 1 aliphatic rings. The predicted octanol–water partition coefficient (Wildman–Crippen LogP) is 5.36. The number of alkyl halides is 2. The number of pyridine rings is 1. The summed E-state index contributed by atoms with van der Waals surface area (Å²) in [4.78, 5) is 16.1. The minimum atomic E-state index is -3.74. The van der Waals surface area contributed by atoms with E-state index in [9.17, 15) is 13.6 Å². The molecule has 0 saturated carbocycles. The number of benzene rings is 2. The minimum absolute atomic E-state index is 0.134. The molecule has 1 aromatic heterocycles. The Morgan fingerprint density at radius 1 is 1.06 bits per heavy atom. The van der Waals surface area contributed by atoms with Gasteiger partial charge in [0, 0.05) is 30.1 Å². The van der Waals surface area contributed by atoms with Crippen LogP contribution in [0.15, 0.2) is 54.7 Å². The fourth-order valence-corrected chi connectivity index (χ4v) is 2.86. The fraction of sp³-hybridized carbons (Fsp3) is 0.0500. The summed E-state index contributed by atoms with van der Waals surface area (Å²) < 4.78 is 40.4. The van der Waals surface area contributed by atoms with Gasteiger partial charge in [-0.1, -0.05) is 11.6 Å². The second-order valence-corrected chi connectivity index (χ2v) is 6.55. The highest BCUT2D eigenvalue weighted by molar-refractivity contribution is 6.34. The molecule has 2 heterocycles. The van der Waals surface area contributed by atoms with Crippen LogP contribution in [0, 0.1) is 11.3 Å². The van der Waals surface area contributed by atoms with Crippen LogP contribution in [0.4, 0.5) is 25.0 Å². The van der Waals surface area contributed by atoms with E-state index in [0.29, 0.717) is 11.5 Å². The van der Waals surface area contributed by atoms with Gasteiger partial charge in [0.1, 0.15) is 23.3 Å². The third-order valence-corrected chi connectivity index (χ3v) is 4.24. The molecule has 11 heteroatoms. The Bertz CT molecular complexity index is 1220. The Kier molecular flexibility index (Phi) is 5.19. The second kappa shape index (κ2) is 7.97. The Hall–Kier alpha value is -4.10. The number of rotatable bonds is 4. The van der Waals surface area contributed by atoms with E-state index in [1.807, 2.05) is 6.07 Å². The zero-order valence-corrected chi connectivity index (χ0v) is 16.1. The highest BCUT2D eigenvalue weighted by atomic mass is 35.5. The minimum Gasteiger partial charge on any atom is -0.457 e. The van der Waals surface area contributed by atoms with Gasteiger partial charge in [0.05, 0.1) is 10.7 Å². The Balaban J connectivity index is 1.40. The third-order valence-electron chi connectivity index (χ3n) is 3.93. The van der Waals surface area contributed by atoms with Crippen molar-refractivity contribution in [3.63, 3.8) is 0 Å². The van der Waals surface area contributed by atoms with Gasteiger partial charge in [-0.05, 0) is 30.3 Å². The van der Waals surface area contributed by atoms with Crippen molar-refractivity contribution in [1.82, 2.24) is 4.98 Å². The molecule has 2 amide bonds. The topological polar surface area (TPSA) is 106 Å². The number of carbonyl (C=O) groups excluding carboxylic acids is 1. The molecule has 8 nitrogen and oxygen atoms in total. The number of halogens is 3. The van der Waals surface area contributed by atoms with E-state index in [2.05, 4.69) is 25.1 Å². The van der Waals surface area contributed by atoms with Gasteiger partial charge in [0.2, 0.25) is 0 Å². The number of hydrogen-bond donors (Lipinski definition) is 2. The molecular weight excluding hydrogens is 434 g/mol. The number of ether oxygens (including phenoxy) is 3. The first-order chi connectivity index (χ1) is 14.8. The van der Waals surface area contributed by atoms with Crippen molar-refractivity contribution in [2.75, 3.05) is 10.6 Å². The first kappa shape index (κ1) is 20.2. The second-order valence-electron chi connectivity index (χ2n) is 6.14. The Morgan fingerprint density at radius 2 is 1.84 bits per heavy atom. The zero-order valence-electron chi connectivity index (χ0n) is 15.4. The van der Waals surface area contributed by atoms with Crippen molar-refractivity contribution in [3.05, 3.63) is 65.4 Å². The van der Waals surface area contributed by atoms with Crippen LogP contribution in [0.2, 0.25) is 5.02 Å². The average Bonchev–Trinajstić information content (AvgIpc) is 3.03. The van der Waals surface area contributed by atoms with E-state index < -0.39 is 12.3 Å². The van der Waals surface area contributed by atoms with Gasteiger partial charge in [-0.25, -0.2) is 9.78 Å². The number of carbonyl (C=O) groups is 1. The lowest BCUT2D eigenvalue weighted by molar-refractivity contribution is -0.286. The van der Waals surface area contributed by atoms with E-state index in [1.165, 1.54) is 42.6 Å². The van der Waals surface area contributed by atoms with E-state index in [4.69, 9.17) is 21.6 Å². The molecule has 0 aliphatic carbocycles. The van der Waals surface area contributed by atoms with E-state index >= 15 is 0 Å². The van der Waals surface area contributed by atoms with Crippen LogP contribution in [-0.4, -0.2) is 17.3 Å². The lowest BCUT2D eigenvalue weighted by Crippen LogP contribution is -2.25. The summed E-state index contributed by atoms with van der Waals surface area (Å²) >= 11 is 6.20. The summed E-state index contributed by atoms with van der Waals surface area (Å²) in [6, 6.07) is 12.7. The molecule has 1 aliphatic heterocycles. The molecule has 0 spiro atoms. The van der Waals surface area contributed by atoms with Crippen molar-refractivity contribution >= 4 is 29.0 Å². The molecule has 2 aromatic carbocycles. The molecule has 0 unspecified atom stereocenters. The summed E-state index contributed by atoms with van der Waals surface area (Å²) in [6.45, 7) is 0. The number of fused-ring (bicyclic) bond motifs is 1. The molecule has 2 N–H and O–H groups in total. The normalized spacial score (nSPS) is 13.2. The van der Waals surface area contributed by atoms with Crippen LogP contribution in [-0.2, 0) is 0 Å². The fourth-order valence-electron chi connectivity index (χ4n) is 2.64. The number of nitrogens with one attached hydrogen (secondary N) is 2. The van der Waals surface area contributed by atoms with Crippen LogP contribution >= 0.6 is 11.6 Å². The van der Waals surface area contributed by atoms with Crippen LogP contribution < -0.4 is 24.8 Å². The van der Waals surface area contributed by atoms with Crippen molar-refractivity contribution in [2.45, 2.75) is 6.29 Å². The molecule has 156 valence electrons. The van der Waals surface area contributed by atoms with Gasteiger partial charge < -0.3 is 24.8 Å². The van der Waals surface area contributed by atoms with Crippen LogP contribution in [0.3, 0.4) is 0 Å². The average molecular weight is 445 g/mol. The molecule has 0 bridgehead atoms. The summed E-state index contributed by atoms with van der Waals surface area (Å²) in [5.41, 5.74) is 0.691. The molecule has 31 heavy (non-hydrogen) atoms. The summed E-state index contributed by atoms with van der Waals surface area (Å²) in [7, 11) is 0. The van der Waals surface area contributed by atoms with Gasteiger partial charge in [-0.2, -0.15) is 5.26 Å². The van der Waals surface area contributed by atoms with Crippen molar-refractivity contribution < 1.29 is 27.8 Å². The number of hydrogen-bond acceptors (Lipinski definition) is 6. The summed E-state index contributed by atoms with van der Waals surface area (Å²) in [5.74, 6) is 0.445. The standard InChI is InChI=1S/C20H11ClF2N4O4/c21-15-9-13(29-14-5-6-25-12(7-14)10-24)2-3-16(15)27-19(28)26-11-1-4-17-18(8-11)31-20(22,23)30-17/h1-9H,(H2,26,27,28). The lowest BCUT2D eigenvalue weighted by atomic mass is 10.2. The van der Waals surface area contributed by atoms with E-state index in [-0.39, 0.29) is 33.6 Å². The molecule has 4 rings (SSSR count). The zero-order chi connectivity index (χ0) is 22.0. The molecule has 0 radical (unpaired) electrons. The lowest BCUT2D eigenvalue weighted by Gasteiger charge is -2.11. The maximum absolute atomic E-state index is 13.1. The maximum Gasteiger partial charge on any atom is 0.586 e. The van der Waals surface area contributed by atoms with Gasteiger partial charge in [0.25, 0.3) is 0 Å². The monoisotopic (exact) mass is 444 g/mol. The van der Waals surface area contributed by atoms with Gasteiger partial charge >= 0.3 is 12.3 Å². The SMILES string of the molecule is N#Cc1cc(Oc2ccc(NC(=O)Nc3ccc4c(c3)OC(F)(F)O4)c(Cl)c2)ccn1. The number of amides is 2. The molecular formula is C20H11ClF2N4O4.